The highest BCUT2D eigenvalue weighted by atomic mass is 15.0. The van der Waals surface area contributed by atoms with Crippen molar-refractivity contribution in [3.05, 3.63) is 42.5 Å². The molecular formula is C13H13N. The molecule has 0 bridgehead atoms. The Balaban J connectivity index is 2.77. The van der Waals surface area contributed by atoms with E-state index < -0.39 is 0 Å². The minimum absolute atomic E-state index is 1.20. The summed E-state index contributed by atoms with van der Waals surface area (Å²) in [5.41, 5.74) is 1.20. The minimum atomic E-state index is 1.20. The first-order chi connectivity index (χ1) is 6.83. The Labute approximate surface area is 84.3 Å². The monoisotopic (exact) mass is 183 g/mol. The third kappa shape index (κ3) is 1.41. The maximum absolute atomic E-state index is 3.11. The lowest BCUT2D eigenvalue weighted by Crippen LogP contribution is -1.97. The normalized spacial score (nSPS) is 12.0. The van der Waals surface area contributed by atoms with E-state index in [9.17, 15) is 0 Å². The molecule has 70 valence electrons. The van der Waals surface area contributed by atoms with E-state index >= 15 is 0 Å². The maximum atomic E-state index is 3.11. The molecule has 0 aliphatic carbocycles. The molecule has 0 radical (unpaired) electrons. The second-order valence-corrected chi connectivity index (χ2v) is 3.28. The van der Waals surface area contributed by atoms with E-state index in [0.29, 0.717) is 0 Å². The smallest absolute Gasteiger partial charge is 0.105 e. The maximum Gasteiger partial charge on any atom is 0.105 e. The first-order valence-corrected chi connectivity index (χ1v) is 4.72. The van der Waals surface area contributed by atoms with E-state index in [1.54, 1.807) is 0 Å². The zero-order chi connectivity index (χ0) is 9.97. The van der Waals surface area contributed by atoms with E-state index in [0.717, 1.165) is 0 Å². The van der Waals surface area contributed by atoms with Gasteiger partial charge in [-0.25, -0.2) is 0 Å². The molecule has 0 spiro atoms. The molecule has 0 fully saturated rings. The molecule has 0 aliphatic rings. The quantitative estimate of drug-likeness (QED) is 0.363. The second-order valence-electron chi connectivity index (χ2n) is 3.28. The van der Waals surface area contributed by atoms with Gasteiger partial charge >= 0.3 is 0 Å². The summed E-state index contributed by atoms with van der Waals surface area (Å²) < 4.78 is 2.02. The summed E-state index contributed by atoms with van der Waals surface area (Å²) in [6, 6.07) is 14.7. The van der Waals surface area contributed by atoms with Gasteiger partial charge in [0.05, 0.1) is 5.69 Å². The molecule has 14 heavy (non-hydrogen) atoms. The van der Waals surface area contributed by atoms with Crippen LogP contribution >= 0.6 is 0 Å². The highest BCUT2D eigenvalue weighted by molar-refractivity contribution is 5.90. The number of hydrogen-bond donors (Lipinski definition) is 0. The standard InChI is InChI=1S/C13H13N/c1-3-14(2)13-10-6-8-11-7-4-5-9-12(11)13/h4-10H,1-2H3. The highest BCUT2D eigenvalue weighted by Gasteiger charge is 1.97. The third-order valence-electron chi connectivity index (χ3n) is 2.46. The lowest BCUT2D eigenvalue weighted by atomic mass is 10.1. The van der Waals surface area contributed by atoms with Crippen molar-refractivity contribution in [3.63, 3.8) is 0 Å². The van der Waals surface area contributed by atoms with Gasteiger partial charge in [-0.2, -0.15) is 0 Å². The Hall–Kier alpha value is -1.63. The third-order valence-corrected chi connectivity index (χ3v) is 2.46. The summed E-state index contributed by atoms with van der Waals surface area (Å²) >= 11 is 0. The molecule has 0 N–H and O–H groups in total. The average Bonchev–Trinajstić information content (AvgIpc) is 2.27. The van der Waals surface area contributed by atoms with Gasteiger partial charge in [0.15, 0.2) is 0 Å². The van der Waals surface area contributed by atoms with Crippen LogP contribution in [0, 0.1) is 0 Å². The van der Waals surface area contributed by atoms with E-state index in [4.69, 9.17) is 0 Å². The Morgan fingerprint density at radius 1 is 1.00 bits per heavy atom. The summed E-state index contributed by atoms with van der Waals surface area (Å²) in [5, 5.41) is 2.54. The number of fused-ring (bicyclic) bond motifs is 1. The minimum Gasteiger partial charge on any atom is -0.366 e. The molecule has 1 nitrogen and oxygen atoms in total. The SMILES string of the molecule is C[C-]=[N+](C)c1cccc2ccccc12. The summed E-state index contributed by atoms with van der Waals surface area (Å²) in [6.07, 6.45) is 3.11. The number of benzene rings is 2. The molecule has 2 aromatic carbocycles. The summed E-state index contributed by atoms with van der Waals surface area (Å²) in [5.74, 6) is 0. The van der Waals surface area contributed by atoms with Gasteiger partial charge in [0.1, 0.15) is 7.05 Å². The zero-order valence-corrected chi connectivity index (χ0v) is 8.49. The van der Waals surface area contributed by atoms with Crippen LogP contribution in [0.1, 0.15) is 6.92 Å². The molecule has 0 saturated carbocycles. The predicted octanol–water partition coefficient (Wildman–Crippen LogP) is 3.08. The lowest BCUT2D eigenvalue weighted by molar-refractivity contribution is -0.398. The Morgan fingerprint density at radius 2 is 1.71 bits per heavy atom. The zero-order valence-electron chi connectivity index (χ0n) is 8.49. The fraction of sp³-hybridized carbons (Fsp3) is 0.154. The van der Waals surface area contributed by atoms with E-state index in [-0.39, 0.29) is 0 Å². The van der Waals surface area contributed by atoms with E-state index in [1.165, 1.54) is 16.5 Å². The van der Waals surface area contributed by atoms with Crippen molar-refractivity contribution in [1.82, 2.24) is 0 Å². The summed E-state index contributed by atoms with van der Waals surface area (Å²) in [6.45, 7) is 1.92. The van der Waals surface area contributed by atoms with Gasteiger partial charge in [0.2, 0.25) is 0 Å². The van der Waals surface area contributed by atoms with Crippen LogP contribution < -0.4 is 0 Å². The van der Waals surface area contributed by atoms with Crippen molar-refractivity contribution in [3.8, 4) is 0 Å². The van der Waals surface area contributed by atoms with Gasteiger partial charge in [0, 0.05) is 6.21 Å². The molecule has 0 unspecified atom stereocenters. The van der Waals surface area contributed by atoms with Gasteiger partial charge in [-0.05, 0) is 10.8 Å². The van der Waals surface area contributed by atoms with Crippen LogP contribution in [0.3, 0.4) is 0 Å². The summed E-state index contributed by atoms with van der Waals surface area (Å²) in [7, 11) is 2.02. The van der Waals surface area contributed by atoms with Gasteiger partial charge in [-0.15, -0.1) is 0 Å². The first kappa shape index (κ1) is 8.95. The molecule has 2 aromatic rings. The summed E-state index contributed by atoms with van der Waals surface area (Å²) in [4.78, 5) is 0. The van der Waals surface area contributed by atoms with Crippen molar-refractivity contribution in [2.75, 3.05) is 7.05 Å². The largest absolute Gasteiger partial charge is 0.366 e. The highest BCUT2D eigenvalue weighted by Crippen LogP contribution is 2.24. The Morgan fingerprint density at radius 3 is 2.50 bits per heavy atom. The molecule has 2 rings (SSSR count). The number of rotatable bonds is 1. The predicted molar refractivity (Wildman–Crippen MR) is 60.5 cm³/mol. The fourth-order valence-electron chi connectivity index (χ4n) is 1.62. The number of nitrogens with zero attached hydrogens (tertiary/aromatic N) is 1. The van der Waals surface area contributed by atoms with Crippen LogP contribution in [-0.2, 0) is 0 Å². The number of hydrogen-bond acceptors (Lipinski definition) is 0. The van der Waals surface area contributed by atoms with Crippen molar-refractivity contribution in [2.45, 2.75) is 6.92 Å². The first-order valence-electron chi connectivity index (χ1n) is 4.72. The van der Waals surface area contributed by atoms with Gasteiger partial charge in [-0.1, -0.05) is 49.4 Å². The molecule has 0 aromatic heterocycles. The van der Waals surface area contributed by atoms with Crippen molar-refractivity contribution in [1.29, 1.82) is 0 Å². The van der Waals surface area contributed by atoms with Gasteiger partial charge < -0.3 is 4.58 Å². The van der Waals surface area contributed by atoms with Crippen LogP contribution in [0.15, 0.2) is 42.5 Å². The molecular weight excluding hydrogens is 170 g/mol. The lowest BCUT2D eigenvalue weighted by Gasteiger charge is -2.09. The van der Waals surface area contributed by atoms with Crippen LogP contribution in [0.5, 0.6) is 0 Å². The molecule has 0 atom stereocenters. The molecule has 0 amide bonds. The van der Waals surface area contributed by atoms with Crippen molar-refractivity contribution in [2.24, 2.45) is 0 Å². The Kier molecular flexibility index (Phi) is 2.32. The topological polar surface area (TPSA) is 3.01 Å². The van der Waals surface area contributed by atoms with Crippen LogP contribution in [-0.4, -0.2) is 17.8 Å². The fourth-order valence-corrected chi connectivity index (χ4v) is 1.62. The van der Waals surface area contributed by atoms with Crippen LogP contribution in [0.25, 0.3) is 10.8 Å². The van der Waals surface area contributed by atoms with Crippen LogP contribution in [0.2, 0.25) is 0 Å². The van der Waals surface area contributed by atoms with E-state index in [1.807, 2.05) is 18.5 Å². The Bertz CT molecular complexity index is 478. The second kappa shape index (κ2) is 3.62. The van der Waals surface area contributed by atoms with Crippen LogP contribution in [0.4, 0.5) is 5.69 Å². The van der Waals surface area contributed by atoms with Gasteiger partial charge in [-0.3, -0.25) is 0 Å². The molecule has 0 heterocycles. The van der Waals surface area contributed by atoms with Crippen molar-refractivity contribution >= 4 is 22.7 Å². The molecule has 0 saturated heterocycles. The average molecular weight is 183 g/mol. The molecule has 0 aliphatic heterocycles. The molecule has 1 heteroatoms. The van der Waals surface area contributed by atoms with Crippen molar-refractivity contribution < 1.29 is 4.58 Å². The van der Waals surface area contributed by atoms with Gasteiger partial charge in [0.25, 0.3) is 0 Å². The van der Waals surface area contributed by atoms with E-state index in [2.05, 4.69) is 48.7 Å².